The number of rotatable bonds is 2. The Morgan fingerprint density at radius 3 is 2.61 bits per heavy atom. The number of pyridine rings is 1. The second-order valence-corrected chi connectivity index (χ2v) is 4.47. The summed E-state index contributed by atoms with van der Waals surface area (Å²) >= 11 is 0. The molecule has 1 atom stereocenters. The van der Waals surface area contributed by atoms with Crippen molar-refractivity contribution in [2.75, 3.05) is 13.6 Å². The highest BCUT2D eigenvalue weighted by molar-refractivity contribution is 5.87. The number of amides is 1. The molecule has 1 aliphatic rings. The molecule has 2 heterocycles. The third kappa shape index (κ3) is 1.90. The Morgan fingerprint density at radius 2 is 2.11 bits per heavy atom. The average Bonchev–Trinajstić information content (AvgIpc) is 2.60. The summed E-state index contributed by atoms with van der Waals surface area (Å²) in [6, 6.07) is 0.850. The van der Waals surface area contributed by atoms with Gasteiger partial charge in [0, 0.05) is 31.5 Å². The van der Waals surface area contributed by atoms with Crippen LogP contribution in [-0.4, -0.2) is 40.0 Å². The highest BCUT2D eigenvalue weighted by Gasteiger charge is 2.31. The number of nitrogens with zero attached hydrogens (tertiary/aromatic N) is 2. The van der Waals surface area contributed by atoms with Gasteiger partial charge in [0.15, 0.2) is 5.43 Å². The van der Waals surface area contributed by atoms with E-state index in [1.165, 1.54) is 12.3 Å². The molecule has 1 saturated heterocycles. The van der Waals surface area contributed by atoms with E-state index in [2.05, 4.69) is 0 Å². The third-order valence-corrected chi connectivity index (χ3v) is 3.25. The molecule has 6 nitrogen and oxygen atoms in total. The SMILES string of the molecule is Cc1cc(=O)c(C(=O)O)cn1C1CCN(C)C1=O. The van der Waals surface area contributed by atoms with Crippen molar-refractivity contribution in [3.63, 3.8) is 0 Å². The number of carboxylic acid groups (broad SMARTS) is 1. The van der Waals surface area contributed by atoms with Crippen LogP contribution in [0.15, 0.2) is 17.1 Å². The van der Waals surface area contributed by atoms with E-state index in [0.29, 0.717) is 18.7 Å². The van der Waals surface area contributed by atoms with Gasteiger partial charge < -0.3 is 14.6 Å². The Morgan fingerprint density at radius 1 is 1.44 bits per heavy atom. The van der Waals surface area contributed by atoms with Crippen molar-refractivity contribution < 1.29 is 14.7 Å². The number of hydrogen-bond donors (Lipinski definition) is 1. The summed E-state index contributed by atoms with van der Waals surface area (Å²) in [7, 11) is 1.71. The molecule has 0 aliphatic carbocycles. The van der Waals surface area contributed by atoms with E-state index in [1.807, 2.05) is 0 Å². The van der Waals surface area contributed by atoms with Crippen molar-refractivity contribution in [1.29, 1.82) is 0 Å². The molecule has 1 unspecified atom stereocenters. The smallest absolute Gasteiger partial charge is 0.341 e. The van der Waals surface area contributed by atoms with Crippen molar-refractivity contribution in [3.8, 4) is 0 Å². The van der Waals surface area contributed by atoms with Gasteiger partial charge in [-0.1, -0.05) is 0 Å². The van der Waals surface area contributed by atoms with Gasteiger partial charge in [0.05, 0.1) is 0 Å². The maximum atomic E-state index is 11.9. The summed E-state index contributed by atoms with van der Waals surface area (Å²) in [5, 5.41) is 8.93. The number of carbonyl (C=O) groups excluding carboxylic acids is 1. The van der Waals surface area contributed by atoms with E-state index >= 15 is 0 Å². The summed E-state index contributed by atoms with van der Waals surface area (Å²) in [5.41, 5.74) is -0.239. The van der Waals surface area contributed by atoms with Gasteiger partial charge in [-0.25, -0.2) is 4.79 Å². The fourth-order valence-corrected chi connectivity index (χ4v) is 2.20. The summed E-state index contributed by atoms with van der Waals surface area (Å²) < 4.78 is 1.58. The van der Waals surface area contributed by atoms with E-state index in [9.17, 15) is 14.4 Å². The van der Waals surface area contributed by atoms with E-state index in [4.69, 9.17) is 5.11 Å². The molecule has 96 valence electrons. The lowest BCUT2D eigenvalue weighted by Gasteiger charge is -2.17. The highest BCUT2D eigenvalue weighted by Crippen LogP contribution is 2.23. The van der Waals surface area contributed by atoms with Gasteiger partial charge in [-0.05, 0) is 13.3 Å². The molecule has 0 spiro atoms. The summed E-state index contributed by atoms with van der Waals surface area (Å²) in [4.78, 5) is 35.9. The number of aryl methyl sites for hydroxylation is 1. The summed E-state index contributed by atoms with van der Waals surface area (Å²) in [5.74, 6) is -1.33. The first-order chi connectivity index (χ1) is 8.41. The fraction of sp³-hybridized carbons (Fsp3) is 0.417. The Bertz CT molecular complexity index is 576. The highest BCUT2D eigenvalue weighted by atomic mass is 16.4. The lowest BCUT2D eigenvalue weighted by atomic mass is 10.2. The van der Waals surface area contributed by atoms with Crippen molar-refractivity contribution in [2.45, 2.75) is 19.4 Å². The van der Waals surface area contributed by atoms with Gasteiger partial charge in [0.2, 0.25) is 5.91 Å². The molecule has 6 heteroatoms. The summed E-state index contributed by atoms with van der Waals surface area (Å²) in [6.07, 6.45) is 1.89. The lowest BCUT2D eigenvalue weighted by Crippen LogP contribution is -2.27. The number of hydrogen-bond acceptors (Lipinski definition) is 3. The molecule has 0 radical (unpaired) electrons. The molecule has 18 heavy (non-hydrogen) atoms. The second kappa shape index (κ2) is 4.29. The first-order valence-electron chi connectivity index (χ1n) is 5.63. The zero-order valence-electron chi connectivity index (χ0n) is 10.2. The Labute approximate surface area is 103 Å². The van der Waals surface area contributed by atoms with Gasteiger partial charge in [-0.3, -0.25) is 9.59 Å². The van der Waals surface area contributed by atoms with Crippen molar-refractivity contribution in [1.82, 2.24) is 9.47 Å². The summed E-state index contributed by atoms with van der Waals surface area (Å²) in [6.45, 7) is 2.33. The molecular formula is C12H14N2O4. The molecule has 1 fully saturated rings. The maximum Gasteiger partial charge on any atom is 0.341 e. The van der Waals surface area contributed by atoms with Crippen LogP contribution in [-0.2, 0) is 4.79 Å². The fourth-order valence-electron chi connectivity index (χ4n) is 2.20. The third-order valence-electron chi connectivity index (χ3n) is 3.25. The van der Waals surface area contributed by atoms with E-state index in [1.54, 1.807) is 23.4 Å². The predicted molar refractivity (Wildman–Crippen MR) is 63.7 cm³/mol. The van der Waals surface area contributed by atoms with E-state index in [-0.39, 0.29) is 11.5 Å². The number of likely N-dealkylation sites (N-methyl/N-ethyl adjacent to an activating group) is 1. The van der Waals surface area contributed by atoms with Gasteiger partial charge in [0.25, 0.3) is 0 Å². The number of aromatic nitrogens is 1. The second-order valence-electron chi connectivity index (χ2n) is 4.47. The molecule has 1 amide bonds. The van der Waals surface area contributed by atoms with Crippen LogP contribution in [0.4, 0.5) is 0 Å². The zero-order valence-corrected chi connectivity index (χ0v) is 10.2. The molecule has 1 aromatic heterocycles. The Hall–Kier alpha value is -2.11. The molecule has 0 bridgehead atoms. The minimum atomic E-state index is -1.27. The van der Waals surface area contributed by atoms with E-state index < -0.39 is 17.4 Å². The maximum absolute atomic E-state index is 11.9. The van der Waals surface area contributed by atoms with Gasteiger partial charge in [0.1, 0.15) is 11.6 Å². The quantitative estimate of drug-likeness (QED) is 0.816. The van der Waals surface area contributed by atoms with Crippen LogP contribution in [0.25, 0.3) is 0 Å². The number of aromatic carboxylic acids is 1. The first kappa shape index (κ1) is 12.3. The molecule has 2 rings (SSSR count). The van der Waals surface area contributed by atoms with Crippen LogP contribution < -0.4 is 5.43 Å². The standard InChI is InChI=1S/C12H14N2O4/c1-7-5-10(15)8(12(17)18)6-14(7)9-3-4-13(2)11(9)16/h5-6,9H,3-4H2,1-2H3,(H,17,18). The largest absolute Gasteiger partial charge is 0.477 e. The number of carboxylic acids is 1. The van der Waals surface area contributed by atoms with Gasteiger partial charge >= 0.3 is 5.97 Å². The first-order valence-corrected chi connectivity index (χ1v) is 5.63. The van der Waals surface area contributed by atoms with Crippen LogP contribution in [0.2, 0.25) is 0 Å². The topological polar surface area (TPSA) is 79.6 Å². The molecule has 0 aromatic carbocycles. The Balaban J connectivity index is 2.52. The van der Waals surface area contributed by atoms with Crippen LogP contribution in [0.1, 0.15) is 28.5 Å². The lowest BCUT2D eigenvalue weighted by molar-refractivity contribution is -0.129. The van der Waals surface area contributed by atoms with Gasteiger partial charge in [-0.2, -0.15) is 0 Å². The minimum absolute atomic E-state index is 0.0573. The van der Waals surface area contributed by atoms with Crippen LogP contribution in [0.5, 0.6) is 0 Å². The van der Waals surface area contributed by atoms with Crippen molar-refractivity contribution >= 4 is 11.9 Å². The monoisotopic (exact) mass is 250 g/mol. The molecule has 1 aliphatic heterocycles. The molecule has 0 saturated carbocycles. The number of carbonyl (C=O) groups is 2. The molecule has 1 N–H and O–H groups in total. The number of likely N-dealkylation sites (tertiary alicyclic amines) is 1. The van der Waals surface area contributed by atoms with Crippen molar-refractivity contribution in [2.24, 2.45) is 0 Å². The van der Waals surface area contributed by atoms with Crippen LogP contribution in [0, 0.1) is 6.92 Å². The normalized spacial score (nSPS) is 19.3. The predicted octanol–water partition coefficient (Wildman–Crippen LogP) is 0.258. The van der Waals surface area contributed by atoms with Gasteiger partial charge in [-0.15, -0.1) is 0 Å². The van der Waals surface area contributed by atoms with Crippen LogP contribution >= 0.6 is 0 Å². The minimum Gasteiger partial charge on any atom is -0.477 e. The average molecular weight is 250 g/mol. The van der Waals surface area contributed by atoms with Crippen LogP contribution in [0.3, 0.4) is 0 Å². The zero-order chi connectivity index (χ0) is 13.4. The van der Waals surface area contributed by atoms with Crippen molar-refractivity contribution in [3.05, 3.63) is 33.7 Å². The van der Waals surface area contributed by atoms with E-state index in [0.717, 1.165) is 0 Å². The molecule has 1 aromatic rings. The Kier molecular flexibility index (Phi) is 2.94. The molecular weight excluding hydrogens is 236 g/mol.